The average Bonchev–Trinajstić information content (AvgIpc) is 2.58. The molecule has 76 valence electrons. The quantitative estimate of drug-likeness (QED) is 0.653. The van der Waals surface area contributed by atoms with Gasteiger partial charge in [0.15, 0.2) is 0 Å². The first-order valence-corrected chi connectivity index (χ1v) is 6.53. The van der Waals surface area contributed by atoms with Crippen LogP contribution in [-0.2, 0) is 5.41 Å². The summed E-state index contributed by atoms with van der Waals surface area (Å²) in [5.41, 5.74) is 1.80. The molecule has 2 rings (SSSR count). The van der Waals surface area contributed by atoms with Gasteiger partial charge in [-0.25, -0.2) is 0 Å². The highest BCUT2D eigenvalue weighted by Gasteiger charge is 2.30. The molecule has 0 aromatic heterocycles. The maximum Gasteiger partial charge on any atom is 0.0542 e. The summed E-state index contributed by atoms with van der Waals surface area (Å²) in [7, 11) is 0. The smallest absolute Gasteiger partial charge is 0.0542 e. The first kappa shape index (κ1) is 10.7. The van der Waals surface area contributed by atoms with Crippen molar-refractivity contribution in [1.82, 2.24) is 0 Å². The third-order valence-corrected chi connectivity index (χ3v) is 4.90. The number of halogens is 2. The molecule has 0 unspecified atom stereocenters. The molecule has 0 heterocycles. The van der Waals surface area contributed by atoms with Crippen molar-refractivity contribution < 1.29 is 0 Å². The predicted octanol–water partition coefficient (Wildman–Crippen LogP) is 4.78. The zero-order valence-electron chi connectivity index (χ0n) is 8.32. The first-order valence-electron chi connectivity index (χ1n) is 5.07. The van der Waals surface area contributed by atoms with Crippen molar-refractivity contribution in [3.8, 4) is 0 Å². The number of benzene rings is 1. The lowest BCUT2D eigenvalue weighted by Crippen LogP contribution is -2.16. The normalized spacial score (nSPS) is 19.9. The van der Waals surface area contributed by atoms with Crippen LogP contribution in [0.25, 0.3) is 0 Å². The molecule has 1 aromatic rings. The second kappa shape index (κ2) is 4.01. The van der Waals surface area contributed by atoms with Gasteiger partial charge in [0.05, 0.1) is 5.02 Å². The minimum Gasteiger partial charge on any atom is -0.0832 e. The van der Waals surface area contributed by atoms with Crippen molar-refractivity contribution in [2.75, 3.05) is 0 Å². The Morgan fingerprint density at radius 3 is 2.50 bits per heavy atom. The van der Waals surface area contributed by atoms with Crippen LogP contribution in [-0.4, -0.2) is 0 Å². The van der Waals surface area contributed by atoms with Crippen molar-refractivity contribution in [2.24, 2.45) is 0 Å². The molecule has 1 saturated carbocycles. The van der Waals surface area contributed by atoms with Gasteiger partial charge in [-0.3, -0.25) is 0 Å². The maximum absolute atomic E-state index is 6.15. The van der Waals surface area contributed by atoms with Crippen molar-refractivity contribution in [3.63, 3.8) is 0 Å². The van der Waals surface area contributed by atoms with E-state index in [4.69, 9.17) is 11.6 Å². The molecule has 1 fully saturated rings. The fraction of sp³-hybridized carbons (Fsp3) is 0.500. The summed E-state index contributed by atoms with van der Waals surface area (Å²) in [5.74, 6) is 0. The fourth-order valence-corrected chi connectivity index (χ4v) is 2.83. The molecule has 0 N–H and O–H groups in total. The fourth-order valence-electron chi connectivity index (χ4n) is 2.32. The van der Waals surface area contributed by atoms with Crippen LogP contribution in [0.15, 0.2) is 18.2 Å². The van der Waals surface area contributed by atoms with Crippen LogP contribution >= 0.6 is 34.2 Å². The Kier molecular flexibility index (Phi) is 3.08. The van der Waals surface area contributed by atoms with E-state index in [9.17, 15) is 0 Å². The number of hydrogen-bond donors (Lipinski definition) is 0. The lowest BCUT2D eigenvalue weighted by Gasteiger charge is -2.24. The molecule has 0 bridgehead atoms. The molecule has 1 aromatic carbocycles. The van der Waals surface area contributed by atoms with Crippen LogP contribution in [0.2, 0.25) is 5.02 Å². The van der Waals surface area contributed by atoms with Gasteiger partial charge in [-0.2, -0.15) is 0 Å². The van der Waals surface area contributed by atoms with Crippen LogP contribution in [0, 0.1) is 3.57 Å². The van der Waals surface area contributed by atoms with E-state index in [0.29, 0.717) is 5.41 Å². The van der Waals surface area contributed by atoms with Crippen LogP contribution in [0.4, 0.5) is 0 Å². The monoisotopic (exact) mass is 320 g/mol. The Labute approximate surface area is 104 Å². The molecule has 1 aliphatic carbocycles. The molecule has 0 nitrogen and oxygen atoms in total. The van der Waals surface area contributed by atoms with Gasteiger partial charge in [0.25, 0.3) is 0 Å². The second-order valence-corrected chi connectivity index (χ2v) is 5.97. The van der Waals surface area contributed by atoms with Crippen molar-refractivity contribution in [3.05, 3.63) is 32.4 Å². The topological polar surface area (TPSA) is 0 Å². The molecule has 0 spiro atoms. The summed E-state index contributed by atoms with van der Waals surface area (Å²) in [6, 6.07) is 6.51. The number of rotatable bonds is 1. The Morgan fingerprint density at radius 1 is 1.29 bits per heavy atom. The molecule has 0 atom stereocenters. The lowest BCUT2D eigenvalue weighted by atomic mass is 9.81. The van der Waals surface area contributed by atoms with E-state index in [1.807, 2.05) is 0 Å². The highest BCUT2D eigenvalue weighted by atomic mass is 127. The summed E-state index contributed by atoms with van der Waals surface area (Å²) < 4.78 is 1.15. The van der Waals surface area contributed by atoms with Crippen molar-refractivity contribution in [1.29, 1.82) is 0 Å². The summed E-state index contributed by atoms with van der Waals surface area (Å²) in [5, 5.41) is 0.899. The van der Waals surface area contributed by atoms with E-state index >= 15 is 0 Å². The minimum atomic E-state index is 0.383. The molecule has 0 amide bonds. The molecule has 0 saturated heterocycles. The summed E-state index contributed by atoms with van der Waals surface area (Å²) >= 11 is 8.42. The van der Waals surface area contributed by atoms with E-state index < -0.39 is 0 Å². The predicted molar refractivity (Wildman–Crippen MR) is 70.0 cm³/mol. The van der Waals surface area contributed by atoms with Crippen LogP contribution in [0.3, 0.4) is 0 Å². The third-order valence-electron chi connectivity index (χ3n) is 3.32. The summed E-state index contributed by atoms with van der Waals surface area (Å²) in [4.78, 5) is 0. The molecular weight excluding hydrogens is 306 g/mol. The summed E-state index contributed by atoms with van der Waals surface area (Å²) in [6.45, 7) is 2.36. The van der Waals surface area contributed by atoms with Crippen LogP contribution < -0.4 is 0 Å². The Morgan fingerprint density at radius 2 is 1.93 bits per heavy atom. The van der Waals surface area contributed by atoms with Gasteiger partial charge in [0, 0.05) is 3.57 Å². The van der Waals surface area contributed by atoms with Gasteiger partial charge in [-0.05, 0) is 58.5 Å². The van der Waals surface area contributed by atoms with Gasteiger partial charge in [-0.15, -0.1) is 0 Å². The standard InChI is InChI=1S/C12H14ClI/c1-12(6-2-3-7-12)9-4-5-11(14)10(13)8-9/h4-5,8H,2-3,6-7H2,1H3. The van der Waals surface area contributed by atoms with Gasteiger partial charge in [0.2, 0.25) is 0 Å². The lowest BCUT2D eigenvalue weighted by molar-refractivity contribution is 0.491. The molecule has 14 heavy (non-hydrogen) atoms. The van der Waals surface area contributed by atoms with Gasteiger partial charge in [0.1, 0.15) is 0 Å². The third kappa shape index (κ3) is 1.94. The van der Waals surface area contributed by atoms with Crippen LogP contribution in [0.1, 0.15) is 38.2 Å². The zero-order valence-corrected chi connectivity index (χ0v) is 11.2. The molecule has 2 heteroatoms. The van der Waals surface area contributed by atoms with E-state index in [0.717, 1.165) is 8.59 Å². The minimum absolute atomic E-state index is 0.383. The average molecular weight is 321 g/mol. The highest BCUT2D eigenvalue weighted by Crippen LogP contribution is 2.41. The largest absolute Gasteiger partial charge is 0.0832 e. The Hall–Kier alpha value is 0.240. The Balaban J connectivity index is 2.36. The molecule has 0 radical (unpaired) electrons. The Bertz CT molecular complexity index is 340. The van der Waals surface area contributed by atoms with E-state index in [-0.39, 0.29) is 0 Å². The van der Waals surface area contributed by atoms with E-state index in [1.165, 1.54) is 31.2 Å². The van der Waals surface area contributed by atoms with Crippen LogP contribution in [0.5, 0.6) is 0 Å². The number of hydrogen-bond acceptors (Lipinski definition) is 0. The summed E-state index contributed by atoms with van der Waals surface area (Å²) in [6.07, 6.45) is 5.34. The molecule has 0 aliphatic heterocycles. The van der Waals surface area contributed by atoms with Crippen molar-refractivity contribution >= 4 is 34.2 Å². The second-order valence-electron chi connectivity index (χ2n) is 4.40. The van der Waals surface area contributed by atoms with E-state index in [2.05, 4.69) is 47.7 Å². The van der Waals surface area contributed by atoms with Gasteiger partial charge >= 0.3 is 0 Å². The first-order chi connectivity index (χ1) is 6.62. The van der Waals surface area contributed by atoms with E-state index in [1.54, 1.807) is 0 Å². The molecule has 1 aliphatic rings. The maximum atomic E-state index is 6.15. The molecular formula is C12H14ClI. The SMILES string of the molecule is CC1(c2ccc(I)c(Cl)c2)CCCC1. The van der Waals surface area contributed by atoms with Gasteiger partial charge in [-0.1, -0.05) is 37.4 Å². The van der Waals surface area contributed by atoms with Gasteiger partial charge < -0.3 is 0 Å². The van der Waals surface area contributed by atoms with Crippen molar-refractivity contribution in [2.45, 2.75) is 38.0 Å². The highest BCUT2D eigenvalue weighted by molar-refractivity contribution is 14.1. The zero-order chi connectivity index (χ0) is 10.2.